The molecule has 0 aromatic heterocycles. The zero-order chi connectivity index (χ0) is 9.57. The Morgan fingerprint density at radius 2 is 2.25 bits per heavy atom. The molecule has 0 radical (unpaired) electrons. The van der Waals surface area contributed by atoms with Crippen molar-refractivity contribution in [3.8, 4) is 0 Å². The van der Waals surface area contributed by atoms with Crippen LogP contribution in [0.1, 0.15) is 27.2 Å². The van der Waals surface area contributed by atoms with Crippen LogP contribution in [-0.2, 0) is 4.79 Å². The molecular formula is C10H16O2. The lowest BCUT2D eigenvalue weighted by atomic mass is 9.55. The van der Waals surface area contributed by atoms with Gasteiger partial charge in [-0.05, 0) is 13.8 Å². The molecule has 2 heteroatoms. The fraction of sp³-hybridized carbons (Fsp3) is 0.700. The molecule has 1 rings (SSSR count). The normalized spacial score (nSPS) is 36.0. The van der Waals surface area contributed by atoms with E-state index >= 15 is 0 Å². The highest BCUT2D eigenvalue weighted by molar-refractivity contribution is 5.90. The van der Waals surface area contributed by atoms with E-state index in [1.165, 1.54) is 0 Å². The lowest BCUT2D eigenvalue weighted by Crippen LogP contribution is -2.55. The van der Waals surface area contributed by atoms with Gasteiger partial charge in [-0.1, -0.05) is 13.0 Å². The number of rotatable bonds is 2. The predicted molar refractivity (Wildman–Crippen MR) is 47.7 cm³/mol. The van der Waals surface area contributed by atoms with Crippen molar-refractivity contribution in [1.29, 1.82) is 0 Å². The minimum atomic E-state index is -0.918. The third kappa shape index (κ3) is 1.20. The van der Waals surface area contributed by atoms with Crippen molar-refractivity contribution < 1.29 is 9.90 Å². The van der Waals surface area contributed by atoms with Crippen LogP contribution in [0.2, 0.25) is 0 Å². The van der Waals surface area contributed by atoms with Gasteiger partial charge in [0.15, 0.2) is 0 Å². The molecule has 0 aromatic carbocycles. The van der Waals surface area contributed by atoms with Crippen LogP contribution in [0.3, 0.4) is 0 Å². The van der Waals surface area contributed by atoms with E-state index < -0.39 is 5.60 Å². The van der Waals surface area contributed by atoms with E-state index in [1.807, 2.05) is 6.92 Å². The summed E-state index contributed by atoms with van der Waals surface area (Å²) in [5.41, 5.74) is -1.12. The van der Waals surface area contributed by atoms with Crippen molar-refractivity contribution in [2.24, 2.45) is 11.3 Å². The maximum Gasteiger partial charge on any atom is 0.140 e. The maximum absolute atomic E-state index is 11.2. The van der Waals surface area contributed by atoms with Crippen molar-refractivity contribution in [3.63, 3.8) is 0 Å². The highest BCUT2D eigenvalue weighted by atomic mass is 16.3. The van der Waals surface area contributed by atoms with Gasteiger partial charge in [0.2, 0.25) is 0 Å². The summed E-state index contributed by atoms with van der Waals surface area (Å²) in [7, 11) is 0. The number of carbonyl (C=O) groups excluding carboxylic acids is 1. The molecule has 0 spiro atoms. The van der Waals surface area contributed by atoms with E-state index in [1.54, 1.807) is 19.9 Å². The number of aliphatic hydroxyl groups is 1. The van der Waals surface area contributed by atoms with Crippen molar-refractivity contribution in [2.45, 2.75) is 32.8 Å². The summed E-state index contributed by atoms with van der Waals surface area (Å²) in [5, 5.41) is 9.71. The maximum atomic E-state index is 11.2. The molecule has 1 fully saturated rings. The smallest absolute Gasteiger partial charge is 0.140 e. The fourth-order valence-electron chi connectivity index (χ4n) is 2.21. The average molecular weight is 168 g/mol. The van der Waals surface area contributed by atoms with Crippen molar-refractivity contribution >= 4 is 5.78 Å². The van der Waals surface area contributed by atoms with Gasteiger partial charge in [-0.15, -0.1) is 6.58 Å². The number of carbonyl (C=O) groups is 1. The van der Waals surface area contributed by atoms with Crippen molar-refractivity contribution in [1.82, 2.24) is 0 Å². The molecule has 68 valence electrons. The van der Waals surface area contributed by atoms with Gasteiger partial charge in [0.1, 0.15) is 5.78 Å². The Labute approximate surface area is 73.3 Å². The molecule has 2 atom stereocenters. The van der Waals surface area contributed by atoms with Gasteiger partial charge in [0.25, 0.3) is 0 Å². The number of ketones is 1. The predicted octanol–water partition coefficient (Wildman–Crippen LogP) is 1.54. The van der Waals surface area contributed by atoms with Crippen molar-refractivity contribution in [3.05, 3.63) is 12.7 Å². The molecule has 0 aliphatic heterocycles. The van der Waals surface area contributed by atoms with E-state index in [4.69, 9.17) is 0 Å². The fourth-order valence-corrected chi connectivity index (χ4v) is 2.21. The van der Waals surface area contributed by atoms with Crippen LogP contribution in [0.25, 0.3) is 0 Å². The molecule has 0 heterocycles. The second-order valence-electron chi connectivity index (χ2n) is 4.44. The minimum Gasteiger partial charge on any atom is -0.390 e. The first-order valence-electron chi connectivity index (χ1n) is 4.20. The van der Waals surface area contributed by atoms with Crippen LogP contribution in [0.4, 0.5) is 0 Å². The summed E-state index contributed by atoms with van der Waals surface area (Å²) in [6.07, 6.45) is 2.29. The SMILES string of the molecule is C=CC1(C)CC(=O)C1C(C)(C)O. The number of Topliss-reactive ketones (excluding diaryl/α,β-unsaturated/α-hetero) is 1. The Morgan fingerprint density at radius 3 is 2.42 bits per heavy atom. The van der Waals surface area contributed by atoms with E-state index in [2.05, 4.69) is 6.58 Å². The monoisotopic (exact) mass is 168 g/mol. The van der Waals surface area contributed by atoms with Gasteiger partial charge in [-0.3, -0.25) is 4.79 Å². The summed E-state index contributed by atoms with van der Waals surface area (Å²) in [6.45, 7) is 9.01. The summed E-state index contributed by atoms with van der Waals surface area (Å²) < 4.78 is 0. The van der Waals surface area contributed by atoms with Crippen LogP contribution in [0.5, 0.6) is 0 Å². The number of hydrogen-bond donors (Lipinski definition) is 1. The Bertz CT molecular complexity index is 224. The van der Waals surface area contributed by atoms with Crippen LogP contribution in [0, 0.1) is 11.3 Å². The topological polar surface area (TPSA) is 37.3 Å². The Balaban J connectivity index is 2.89. The van der Waals surface area contributed by atoms with Crippen molar-refractivity contribution in [2.75, 3.05) is 0 Å². The highest BCUT2D eigenvalue weighted by Gasteiger charge is 2.54. The van der Waals surface area contributed by atoms with Gasteiger partial charge >= 0.3 is 0 Å². The Kier molecular flexibility index (Phi) is 1.91. The molecule has 0 aromatic rings. The molecule has 1 N–H and O–H groups in total. The molecule has 1 aliphatic rings. The lowest BCUT2D eigenvalue weighted by molar-refractivity contribution is -0.154. The molecular weight excluding hydrogens is 152 g/mol. The molecule has 1 saturated carbocycles. The van der Waals surface area contributed by atoms with Crippen LogP contribution >= 0.6 is 0 Å². The van der Waals surface area contributed by atoms with E-state index in [0.717, 1.165) is 0 Å². The molecule has 2 nitrogen and oxygen atoms in total. The van der Waals surface area contributed by atoms with E-state index in [9.17, 15) is 9.90 Å². The molecule has 0 saturated heterocycles. The Morgan fingerprint density at radius 1 is 1.75 bits per heavy atom. The largest absolute Gasteiger partial charge is 0.390 e. The summed E-state index contributed by atoms with van der Waals surface area (Å²) in [6, 6.07) is 0. The molecule has 0 amide bonds. The second-order valence-corrected chi connectivity index (χ2v) is 4.44. The van der Waals surface area contributed by atoms with Crippen LogP contribution in [-0.4, -0.2) is 16.5 Å². The summed E-state index contributed by atoms with van der Waals surface area (Å²) >= 11 is 0. The molecule has 1 aliphatic carbocycles. The first kappa shape index (κ1) is 9.46. The van der Waals surface area contributed by atoms with Crippen LogP contribution < -0.4 is 0 Å². The molecule has 2 unspecified atom stereocenters. The minimum absolute atomic E-state index is 0.143. The zero-order valence-corrected chi connectivity index (χ0v) is 7.92. The van der Waals surface area contributed by atoms with Gasteiger partial charge in [-0.2, -0.15) is 0 Å². The van der Waals surface area contributed by atoms with E-state index in [-0.39, 0.29) is 17.1 Å². The quantitative estimate of drug-likeness (QED) is 0.635. The standard InChI is InChI=1S/C10H16O2/c1-5-10(4)6-7(11)8(10)9(2,3)12/h5,8,12H,1,6H2,2-4H3. The lowest BCUT2D eigenvalue weighted by Gasteiger charge is -2.49. The van der Waals surface area contributed by atoms with Gasteiger partial charge in [-0.25, -0.2) is 0 Å². The zero-order valence-electron chi connectivity index (χ0n) is 7.92. The third-order valence-corrected chi connectivity index (χ3v) is 2.71. The molecule has 0 bridgehead atoms. The van der Waals surface area contributed by atoms with Crippen LogP contribution in [0.15, 0.2) is 12.7 Å². The number of hydrogen-bond acceptors (Lipinski definition) is 2. The average Bonchev–Trinajstić information content (AvgIpc) is 1.82. The summed E-state index contributed by atoms with van der Waals surface area (Å²) in [5.74, 6) is -0.132. The first-order valence-corrected chi connectivity index (χ1v) is 4.20. The van der Waals surface area contributed by atoms with Gasteiger partial charge in [0, 0.05) is 11.8 Å². The van der Waals surface area contributed by atoms with E-state index in [0.29, 0.717) is 6.42 Å². The summed E-state index contributed by atoms with van der Waals surface area (Å²) in [4.78, 5) is 11.2. The first-order chi connectivity index (χ1) is 5.31. The number of allylic oxidation sites excluding steroid dienone is 1. The third-order valence-electron chi connectivity index (χ3n) is 2.71. The highest BCUT2D eigenvalue weighted by Crippen LogP contribution is 2.49. The molecule has 12 heavy (non-hydrogen) atoms. The van der Waals surface area contributed by atoms with Gasteiger partial charge < -0.3 is 5.11 Å². The Hall–Kier alpha value is -0.630. The second kappa shape index (κ2) is 2.43. The van der Waals surface area contributed by atoms with Gasteiger partial charge in [0.05, 0.1) is 11.5 Å².